The van der Waals surface area contributed by atoms with Gasteiger partial charge >= 0.3 is 5.97 Å². The fourth-order valence-corrected chi connectivity index (χ4v) is 2.85. The highest BCUT2D eigenvalue weighted by molar-refractivity contribution is 7.18. The molecule has 2 aromatic heterocycles. The van der Waals surface area contributed by atoms with E-state index in [9.17, 15) is 9.59 Å². The monoisotopic (exact) mass is 330 g/mol. The summed E-state index contributed by atoms with van der Waals surface area (Å²) in [4.78, 5) is 26.9. The summed E-state index contributed by atoms with van der Waals surface area (Å²) in [6.07, 6.45) is 0. The van der Waals surface area contributed by atoms with Crippen molar-refractivity contribution >= 4 is 51.4 Å². The Labute approximate surface area is 128 Å². The Morgan fingerprint density at radius 1 is 1.35 bits per heavy atom. The minimum absolute atomic E-state index is 0.0123. The summed E-state index contributed by atoms with van der Waals surface area (Å²) in [5.41, 5.74) is 0.747. The van der Waals surface area contributed by atoms with E-state index in [1.807, 2.05) is 0 Å². The summed E-state index contributed by atoms with van der Waals surface area (Å²) in [6.45, 7) is 1.66. The van der Waals surface area contributed by atoms with Crippen molar-refractivity contribution < 1.29 is 14.7 Å². The highest BCUT2D eigenvalue weighted by Crippen LogP contribution is 2.27. The number of carboxylic acid groups (broad SMARTS) is 1. The number of hydrogen-bond acceptors (Lipinski definition) is 4. The molecule has 0 radical (unpaired) electrons. The number of carbonyl (C=O) groups excluding carboxylic acids is 1. The van der Waals surface area contributed by atoms with Crippen LogP contribution in [0.1, 0.15) is 25.6 Å². The lowest BCUT2D eigenvalue weighted by molar-refractivity contribution is 0.0701. The number of aromatic carboxylic acids is 1. The summed E-state index contributed by atoms with van der Waals surface area (Å²) in [5.74, 6) is -1.50. The van der Waals surface area contributed by atoms with Crippen LogP contribution in [0.5, 0.6) is 0 Å². The second kappa shape index (κ2) is 5.78. The third-order valence-electron chi connectivity index (χ3n) is 2.41. The first-order valence-corrected chi connectivity index (χ1v) is 6.93. The largest absolute Gasteiger partial charge is 0.477 e. The number of carbonyl (C=O) groups is 2. The molecule has 0 aliphatic carbocycles. The zero-order chi connectivity index (χ0) is 14.9. The van der Waals surface area contributed by atoms with Gasteiger partial charge in [0, 0.05) is 0 Å². The van der Waals surface area contributed by atoms with Gasteiger partial charge in [-0.1, -0.05) is 23.2 Å². The second-order valence-corrected chi connectivity index (χ2v) is 5.65. The molecule has 2 heterocycles. The number of nitrogens with zero attached hydrogens (tertiary/aromatic N) is 1. The van der Waals surface area contributed by atoms with E-state index in [0.29, 0.717) is 10.6 Å². The normalized spacial score (nSPS) is 10.3. The van der Waals surface area contributed by atoms with Crippen molar-refractivity contribution in [3.63, 3.8) is 0 Å². The molecule has 0 saturated heterocycles. The quantitative estimate of drug-likeness (QED) is 0.841. The molecular weight excluding hydrogens is 323 g/mol. The van der Waals surface area contributed by atoms with E-state index in [1.165, 1.54) is 12.1 Å². The van der Waals surface area contributed by atoms with Gasteiger partial charge in [0.15, 0.2) is 0 Å². The van der Waals surface area contributed by atoms with Crippen molar-refractivity contribution in [1.82, 2.24) is 4.98 Å². The molecule has 0 saturated carbocycles. The Morgan fingerprint density at radius 3 is 2.60 bits per heavy atom. The molecule has 2 rings (SSSR count). The first-order valence-electron chi connectivity index (χ1n) is 5.35. The van der Waals surface area contributed by atoms with Crippen LogP contribution in [0.4, 0.5) is 5.00 Å². The maximum absolute atomic E-state index is 12.0. The predicted molar refractivity (Wildman–Crippen MR) is 78.2 cm³/mol. The van der Waals surface area contributed by atoms with Crippen LogP contribution in [-0.4, -0.2) is 22.0 Å². The molecule has 2 N–H and O–H groups in total. The molecule has 0 aliphatic heterocycles. The van der Waals surface area contributed by atoms with Gasteiger partial charge in [0.1, 0.15) is 15.2 Å². The van der Waals surface area contributed by atoms with E-state index in [1.54, 1.807) is 13.0 Å². The number of rotatable bonds is 3. The molecule has 1 amide bonds. The third kappa shape index (κ3) is 3.09. The summed E-state index contributed by atoms with van der Waals surface area (Å²) >= 11 is 12.5. The highest BCUT2D eigenvalue weighted by atomic mass is 35.5. The number of carboxylic acids is 1. The molecule has 0 spiro atoms. The summed E-state index contributed by atoms with van der Waals surface area (Å²) in [6, 6.07) is 4.49. The topological polar surface area (TPSA) is 79.3 Å². The number of thiophene rings is 1. The standard InChI is InChI=1S/C12H8Cl2N2O3S/c1-5-4-8(20-9(5)12(18)19)16-11(17)6-2-3-7(13)15-10(6)14/h2-4H,1H3,(H,16,17)(H,18,19). The van der Waals surface area contributed by atoms with E-state index in [-0.39, 0.29) is 20.7 Å². The van der Waals surface area contributed by atoms with Crippen LogP contribution >= 0.6 is 34.5 Å². The molecule has 2 aromatic rings. The molecule has 20 heavy (non-hydrogen) atoms. The Kier molecular flexibility index (Phi) is 4.27. The van der Waals surface area contributed by atoms with Crippen LogP contribution in [0, 0.1) is 6.92 Å². The van der Waals surface area contributed by atoms with Crippen molar-refractivity contribution in [2.45, 2.75) is 6.92 Å². The number of aryl methyl sites for hydroxylation is 1. The lowest BCUT2D eigenvalue weighted by Crippen LogP contribution is -2.12. The van der Waals surface area contributed by atoms with Gasteiger partial charge in [0.25, 0.3) is 5.91 Å². The van der Waals surface area contributed by atoms with Crippen molar-refractivity contribution in [2.24, 2.45) is 0 Å². The van der Waals surface area contributed by atoms with Gasteiger partial charge < -0.3 is 10.4 Å². The molecule has 8 heteroatoms. The van der Waals surface area contributed by atoms with Crippen LogP contribution < -0.4 is 5.32 Å². The van der Waals surface area contributed by atoms with Gasteiger partial charge in [0.2, 0.25) is 0 Å². The fourth-order valence-electron chi connectivity index (χ4n) is 1.52. The number of halogens is 2. The lowest BCUT2D eigenvalue weighted by Gasteiger charge is -2.04. The van der Waals surface area contributed by atoms with Gasteiger partial charge in [0.05, 0.1) is 10.6 Å². The SMILES string of the molecule is Cc1cc(NC(=O)c2ccc(Cl)nc2Cl)sc1C(=O)O. The summed E-state index contributed by atoms with van der Waals surface area (Å²) in [5, 5.41) is 12.1. The molecule has 104 valence electrons. The highest BCUT2D eigenvalue weighted by Gasteiger charge is 2.16. The zero-order valence-corrected chi connectivity index (χ0v) is 12.4. The predicted octanol–water partition coefficient (Wildman–Crippen LogP) is 3.71. The minimum atomic E-state index is -1.03. The summed E-state index contributed by atoms with van der Waals surface area (Å²) in [7, 11) is 0. The molecule has 0 bridgehead atoms. The van der Waals surface area contributed by atoms with E-state index >= 15 is 0 Å². The van der Waals surface area contributed by atoms with Gasteiger partial charge in [-0.2, -0.15) is 0 Å². The zero-order valence-electron chi connectivity index (χ0n) is 10.1. The average Bonchev–Trinajstić information content (AvgIpc) is 2.70. The number of nitrogens with one attached hydrogen (secondary N) is 1. The minimum Gasteiger partial charge on any atom is -0.477 e. The Morgan fingerprint density at radius 2 is 2.05 bits per heavy atom. The van der Waals surface area contributed by atoms with Crippen LogP contribution in [-0.2, 0) is 0 Å². The molecule has 5 nitrogen and oxygen atoms in total. The smallest absolute Gasteiger partial charge is 0.346 e. The second-order valence-electron chi connectivity index (χ2n) is 3.85. The van der Waals surface area contributed by atoms with Crippen LogP contribution in [0.25, 0.3) is 0 Å². The van der Waals surface area contributed by atoms with Gasteiger partial charge in [-0.3, -0.25) is 4.79 Å². The maximum atomic E-state index is 12.0. The Hall–Kier alpha value is -1.63. The fraction of sp³-hybridized carbons (Fsp3) is 0.0833. The van der Waals surface area contributed by atoms with E-state index in [0.717, 1.165) is 11.3 Å². The van der Waals surface area contributed by atoms with E-state index in [4.69, 9.17) is 28.3 Å². The Bertz CT molecular complexity index is 700. The lowest BCUT2D eigenvalue weighted by atomic mass is 10.2. The maximum Gasteiger partial charge on any atom is 0.346 e. The van der Waals surface area contributed by atoms with E-state index < -0.39 is 11.9 Å². The van der Waals surface area contributed by atoms with Gasteiger partial charge in [-0.25, -0.2) is 9.78 Å². The molecule has 0 aliphatic rings. The first-order chi connectivity index (χ1) is 9.38. The molecule has 0 unspecified atom stereocenters. The molecular formula is C12H8Cl2N2O3S. The van der Waals surface area contributed by atoms with Crippen LogP contribution in [0.3, 0.4) is 0 Å². The van der Waals surface area contributed by atoms with E-state index in [2.05, 4.69) is 10.3 Å². The number of amides is 1. The molecule has 0 aromatic carbocycles. The van der Waals surface area contributed by atoms with Crippen molar-refractivity contribution in [3.8, 4) is 0 Å². The number of hydrogen-bond donors (Lipinski definition) is 2. The van der Waals surface area contributed by atoms with Gasteiger partial charge in [-0.05, 0) is 30.7 Å². The van der Waals surface area contributed by atoms with Gasteiger partial charge in [-0.15, -0.1) is 11.3 Å². The molecule has 0 fully saturated rings. The van der Waals surface area contributed by atoms with Crippen molar-refractivity contribution in [1.29, 1.82) is 0 Å². The summed E-state index contributed by atoms with van der Waals surface area (Å²) < 4.78 is 0. The average molecular weight is 331 g/mol. The first kappa shape index (κ1) is 14.8. The Balaban J connectivity index is 2.23. The number of aromatic nitrogens is 1. The van der Waals surface area contributed by atoms with Crippen LogP contribution in [0.2, 0.25) is 10.3 Å². The van der Waals surface area contributed by atoms with Crippen LogP contribution in [0.15, 0.2) is 18.2 Å². The molecule has 0 atom stereocenters. The number of pyridine rings is 1. The third-order valence-corrected chi connectivity index (χ3v) is 4.05. The van der Waals surface area contributed by atoms with Crippen molar-refractivity contribution in [2.75, 3.05) is 5.32 Å². The number of anilines is 1. The van der Waals surface area contributed by atoms with Crippen molar-refractivity contribution in [3.05, 3.63) is 44.5 Å².